The number of hydrogen-bond donors (Lipinski definition) is 1. The highest BCUT2D eigenvalue weighted by atomic mass is 19.4. The number of morpholine rings is 1. The lowest BCUT2D eigenvalue weighted by Gasteiger charge is -2.43. The minimum absolute atomic E-state index is 0.104. The Morgan fingerprint density at radius 2 is 1.64 bits per heavy atom. The van der Waals surface area contributed by atoms with Crippen LogP contribution in [0, 0.1) is 0 Å². The second-order valence-corrected chi connectivity index (χ2v) is 8.58. The third-order valence-electron chi connectivity index (χ3n) is 6.18. The van der Waals surface area contributed by atoms with Crippen LogP contribution in [0.1, 0.15) is 12.5 Å². The summed E-state index contributed by atoms with van der Waals surface area (Å²) in [5, 5.41) is 3.19. The zero-order valence-electron chi connectivity index (χ0n) is 18.9. The summed E-state index contributed by atoms with van der Waals surface area (Å²) < 4.78 is 129. The van der Waals surface area contributed by atoms with Gasteiger partial charge in [-0.3, -0.25) is 4.90 Å². The van der Waals surface area contributed by atoms with Crippen LogP contribution >= 0.6 is 0 Å². The summed E-state index contributed by atoms with van der Waals surface area (Å²) in [6.07, 6.45) is -18.9. The number of nitrogens with one attached hydrogen (secondary N) is 1. The van der Waals surface area contributed by atoms with Crippen LogP contribution in [0.3, 0.4) is 0 Å². The first-order valence-electron chi connectivity index (χ1n) is 10.9. The van der Waals surface area contributed by atoms with Gasteiger partial charge in [-0.1, -0.05) is 12.1 Å². The molecule has 0 radical (unpaired) electrons. The molecule has 2 aliphatic heterocycles. The lowest BCUT2D eigenvalue weighted by atomic mass is 9.91. The average molecular weight is 537 g/mol. The van der Waals surface area contributed by atoms with E-state index in [1.807, 2.05) is 6.92 Å². The van der Waals surface area contributed by atoms with Crippen LogP contribution in [0.5, 0.6) is 0 Å². The fourth-order valence-electron chi connectivity index (χ4n) is 4.31. The number of esters is 1. The molecule has 2 aliphatic rings. The van der Waals surface area contributed by atoms with E-state index in [1.165, 1.54) is 0 Å². The number of carbonyl (C=O) groups is 1. The molecule has 2 heterocycles. The van der Waals surface area contributed by atoms with Crippen molar-refractivity contribution < 1.29 is 53.8 Å². The van der Waals surface area contributed by atoms with E-state index in [1.54, 1.807) is 4.90 Å². The summed E-state index contributed by atoms with van der Waals surface area (Å²) in [6, 6.07) is 2.58. The molecule has 0 bridgehead atoms. The van der Waals surface area contributed by atoms with Crippen LogP contribution < -0.4 is 10.2 Å². The van der Waals surface area contributed by atoms with Crippen molar-refractivity contribution in [2.24, 2.45) is 0 Å². The molecule has 2 atom stereocenters. The number of benzene rings is 1. The molecule has 0 aromatic heterocycles. The van der Waals surface area contributed by atoms with E-state index in [0.717, 1.165) is 12.1 Å². The first-order valence-corrected chi connectivity index (χ1v) is 10.9. The zero-order chi connectivity index (χ0) is 26.9. The summed E-state index contributed by atoms with van der Waals surface area (Å²) in [7, 11) is 0. The van der Waals surface area contributed by atoms with Gasteiger partial charge >= 0.3 is 30.1 Å². The molecule has 3 rings (SSSR count). The molecule has 0 spiro atoms. The molecule has 2 fully saturated rings. The minimum atomic E-state index is -6.43. The summed E-state index contributed by atoms with van der Waals surface area (Å²) in [5.41, 5.74) is -6.93. The molecule has 2 saturated heterocycles. The van der Waals surface area contributed by atoms with Gasteiger partial charge in [0.15, 0.2) is 0 Å². The van der Waals surface area contributed by atoms with Crippen LogP contribution in [-0.4, -0.2) is 87.4 Å². The maximum absolute atomic E-state index is 13.7. The number of carbonyl (C=O) groups excluding carboxylic acids is 1. The van der Waals surface area contributed by atoms with Gasteiger partial charge in [0.1, 0.15) is 0 Å². The summed E-state index contributed by atoms with van der Waals surface area (Å²) in [6.45, 7) is 5.56. The minimum Gasteiger partial charge on any atom is -0.428 e. The molecule has 0 aliphatic carbocycles. The van der Waals surface area contributed by atoms with Crippen LogP contribution in [-0.2, 0) is 19.9 Å². The van der Waals surface area contributed by atoms with Gasteiger partial charge in [0.2, 0.25) is 0 Å². The molecule has 15 heteroatoms. The highest BCUT2D eigenvalue weighted by Crippen LogP contribution is 2.53. The third-order valence-corrected chi connectivity index (χ3v) is 6.18. The lowest BCUT2D eigenvalue weighted by Crippen LogP contribution is -2.58. The van der Waals surface area contributed by atoms with E-state index in [0.29, 0.717) is 58.1 Å². The topological polar surface area (TPSA) is 54.0 Å². The van der Waals surface area contributed by atoms with Crippen LogP contribution in [0.25, 0.3) is 0 Å². The van der Waals surface area contributed by atoms with Gasteiger partial charge in [-0.15, -0.1) is 0 Å². The van der Waals surface area contributed by atoms with Gasteiger partial charge < -0.3 is 19.7 Å². The Hall–Kier alpha value is -2.26. The number of halogens is 9. The Morgan fingerprint density at radius 1 is 1.03 bits per heavy atom. The summed E-state index contributed by atoms with van der Waals surface area (Å²) >= 11 is 0. The average Bonchev–Trinajstić information content (AvgIpc) is 2.77. The molecule has 36 heavy (non-hydrogen) atoms. The van der Waals surface area contributed by atoms with E-state index >= 15 is 0 Å². The largest absolute Gasteiger partial charge is 0.490 e. The Labute approximate surface area is 200 Å². The highest BCUT2D eigenvalue weighted by molar-refractivity contribution is 5.76. The fourth-order valence-corrected chi connectivity index (χ4v) is 4.31. The fraction of sp³-hybridized carbons (Fsp3) is 0.667. The quantitative estimate of drug-likeness (QED) is 0.458. The van der Waals surface area contributed by atoms with Gasteiger partial charge in [0, 0.05) is 50.0 Å². The molecule has 204 valence electrons. The first kappa shape index (κ1) is 28.3. The van der Waals surface area contributed by atoms with Gasteiger partial charge in [0.25, 0.3) is 0 Å². The van der Waals surface area contributed by atoms with Crippen molar-refractivity contribution in [1.29, 1.82) is 0 Å². The number of alkyl halides is 9. The summed E-state index contributed by atoms with van der Waals surface area (Å²) in [4.78, 5) is 15.1. The Morgan fingerprint density at radius 3 is 2.17 bits per heavy atom. The van der Waals surface area contributed by atoms with Gasteiger partial charge in [0.05, 0.1) is 19.3 Å². The van der Waals surface area contributed by atoms with Crippen LogP contribution in [0.15, 0.2) is 24.3 Å². The third kappa shape index (κ3) is 5.67. The summed E-state index contributed by atoms with van der Waals surface area (Å²) in [5.74, 6) is -3.61. The smallest absolute Gasteiger partial charge is 0.428 e. The maximum Gasteiger partial charge on any atom is 0.490 e. The van der Waals surface area contributed by atoms with E-state index in [4.69, 9.17) is 4.74 Å². The predicted molar refractivity (Wildman–Crippen MR) is 108 cm³/mol. The zero-order valence-corrected chi connectivity index (χ0v) is 18.9. The number of nitrogens with zero attached hydrogens (tertiary/aromatic N) is 2. The van der Waals surface area contributed by atoms with E-state index < -0.39 is 35.7 Å². The van der Waals surface area contributed by atoms with Crippen LogP contribution in [0.4, 0.5) is 45.2 Å². The van der Waals surface area contributed by atoms with Crippen molar-refractivity contribution in [3.8, 4) is 0 Å². The van der Waals surface area contributed by atoms with E-state index in [-0.39, 0.29) is 17.8 Å². The molecule has 1 aromatic rings. The molecule has 0 amide bonds. The monoisotopic (exact) mass is 537 g/mol. The molecule has 0 unspecified atom stereocenters. The molecular formula is C21H24F9N3O3. The normalized spacial score (nSPS) is 23.0. The molecule has 1 N–H and O–H groups in total. The lowest BCUT2D eigenvalue weighted by molar-refractivity contribution is -0.382. The number of hydrogen-bond acceptors (Lipinski definition) is 6. The van der Waals surface area contributed by atoms with Crippen molar-refractivity contribution in [3.05, 3.63) is 29.8 Å². The van der Waals surface area contributed by atoms with Crippen molar-refractivity contribution in [2.75, 3.05) is 50.8 Å². The standard InChI is InChI=1S/C21H24F9N3O3/c1-13-12-35-9-8-32(13)11-16-10-31-6-7-33(16)15-4-2-14(3-5-15)18(20(25,26)27,21(28,29)30)36-17(34)19(22,23)24/h2-5,13,16,31H,6-12H2,1H3/t13-,16+/m0/s1. The van der Waals surface area contributed by atoms with Crippen molar-refractivity contribution in [3.63, 3.8) is 0 Å². The van der Waals surface area contributed by atoms with Crippen molar-refractivity contribution in [1.82, 2.24) is 10.2 Å². The molecule has 1 aromatic carbocycles. The Bertz CT molecular complexity index is 889. The van der Waals surface area contributed by atoms with E-state index in [2.05, 4.69) is 15.0 Å². The van der Waals surface area contributed by atoms with Gasteiger partial charge in [-0.05, 0) is 19.1 Å². The number of rotatable bonds is 5. The second-order valence-electron chi connectivity index (χ2n) is 8.58. The number of ether oxygens (including phenoxy) is 2. The predicted octanol–water partition coefficient (Wildman–Crippen LogP) is 3.61. The van der Waals surface area contributed by atoms with Crippen molar-refractivity contribution in [2.45, 2.75) is 43.1 Å². The first-order chi connectivity index (χ1) is 16.6. The molecular weight excluding hydrogens is 513 g/mol. The SMILES string of the molecule is C[C@H]1COCCN1C[C@H]1CNCCN1c1ccc(C(OC(=O)C(F)(F)F)(C(F)(F)F)C(F)(F)F)cc1. The highest BCUT2D eigenvalue weighted by Gasteiger charge is 2.76. The van der Waals surface area contributed by atoms with Gasteiger partial charge in [-0.2, -0.15) is 39.5 Å². The maximum atomic E-state index is 13.7. The molecule has 6 nitrogen and oxygen atoms in total. The van der Waals surface area contributed by atoms with Gasteiger partial charge in [-0.25, -0.2) is 4.79 Å². The number of anilines is 1. The Balaban J connectivity index is 1.95. The van der Waals surface area contributed by atoms with Crippen molar-refractivity contribution >= 4 is 11.7 Å². The van der Waals surface area contributed by atoms with E-state index in [9.17, 15) is 44.3 Å². The second kappa shape index (κ2) is 10.2. The van der Waals surface area contributed by atoms with Crippen LogP contribution in [0.2, 0.25) is 0 Å². The molecule has 0 saturated carbocycles. The Kier molecular flexibility index (Phi) is 8.06. The number of piperazine rings is 1.